The molecule has 0 aromatic heterocycles. The second-order valence-corrected chi connectivity index (χ2v) is 14.9. The van der Waals surface area contributed by atoms with E-state index in [0.29, 0.717) is 6.42 Å². The fraction of sp³-hybridized carbons (Fsp3) is 0.674. The maximum Gasteiger partial charge on any atom is 0.472 e. The lowest BCUT2D eigenvalue weighted by Crippen LogP contribution is -2.30. The van der Waals surface area contributed by atoms with E-state index in [2.05, 4.69) is 74.6 Å². The van der Waals surface area contributed by atoms with Gasteiger partial charge in [-0.2, -0.15) is 0 Å². The molecular weight excluding hydrogens is 721 g/mol. The standard InChI is InChI=1S/C43H74NO10P/c1-3-5-7-9-11-13-15-17-18-19-21-23-25-27-29-33-42(47)51-37-39(38-53-55(49,50)52-36-35-44)54-43(48)34-30-32-41(46)40(45)31-28-26-24-22-20-16-14-12-10-8-6-4-2/h11-14,17-18,20-23,26,28,39-41,45-46H,3-10,15-16,19,24-25,27,29-38,44H2,1-2H3,(H,49,50)/b13-11-,14-12-,18-17-,22-20-,23-21-,28-26-/t39-,40?,41?/m1/s1. The summed E-state index contributed by atoms with van der Waals surface area (Å²) in [5.74, 6) is -1.17. The number of hydrogen-bond acceptors (Lipinski definition) is 10. The van der Waals surface area contributed by atoms with E-state index in [1.807, 2.05) is 12.2 Å². The number of carbonyl (C=O) groups is 2. The molecule has 0 amide bonds. The average molecular weight is 796 g/mol. The molecule has 0 aliphatic carbocycles. The summed E-state index contributed by atoms with van der Waals surface area (Å²) in [6.07, 6.45) is 38.2. The third-order valence-corrected chi connectivity index (χ3v) is 9.25. The molecule has 0 bridgehead atoms. The van der Waals surface area contributed by atoms with Crippen molar-refractivity contribution in [3.8, 4) is 0 Å². The summed E-state index contributed by atoms with van der Waals surface area (Å²) >= 11 is 0. The molecule has 55 heavy (non-hydrogen) atoms. The Labute approximate surface area is 332 Å². The van der Waals surface area contributed by atoms with Crippen molar-refractivity contribution >= 4 is 19.8 Å². The minimum absolute atomic E-state index is 0.000551. The molecule has 316 valence electrons. The molecular formula is C43H74NO10P. The van der Waals surface area contributed by atoms with Crippen molar-refractivity contribution in [1.82, 2.24) is 0 Å². The Balaban J connectivity index is 4.53. The van der Waals surface area contributed by atoms with E-state index in [-0.39, 0.29) is 51.9 Å². The highest BCUT2D eigenvalue weighted by Crippen LogP contribution is 2.43. The van der Waals surface area contributed by atoms with Crippen LogP contribution in [0.4, 0.5) is 0 Å². The minimum Gasteiger partial charge on any atom is -0.462 e. The molecule has 0 aliphatic rings. The van der Waals surface area contributed by atoms with Crippen molar-refractivity contribution in [3.05, 3.63) is 72.9 Å². The summed E-state index contributed by atoms with van der Waals surface area (Å²) in [4.78, 5) is 34.8. The summed E-state index contributed by atoms with van der Waals surface area (Å²) in [5.41, 5.74) is 5.32. The van der Waals surface area contributed by atoms with Gasteiger partial charge in [-0.25, -0.2) is 4.57 Å². The number of ether oxygens (including phenoxy) is 2. The molecule has 12 heteroatoms. The van der Waals surface area contributed by atoms with Crippen LogP contribution in [0.2, 0.25) is 0 Å². The van der Waals surface area contributed by atoms with Gasteiger partial charge in [0.1, 0.15) is 6.61 Å². The molecule has 0 radical (unpaired) electrons. The van der Waals surface area contributed by atoms with E-state index >= 15 is 0 Å². The van der Waals surface area contributed by atoms with Crippen LogP contribution >= 0.6 is 7.82 Å². The summed E-state index contributed by atoms with van der Waals surface area (Å²) < 4.78 is 32.5. The molecule has 0 aromatic carbocycles. The molecule has 0 aliphatic heterocycles. The van der Waals surface area contributed by atoms with E-state index in [1.165, 1.54) is 38.5 Å². The number of nitrogens with two attached hydrogens (primary N) is 1. The van der Waals surface area contributed by atoms with Crippen molar-refractivity contribution in [3.63, 3.8) is 0 Å². The van der Waals surface area contributed by atoms with Crippen LogP contribution in [0, 0.1) is 0 Å². The number of rotatable bonds is 37. The van der Waals surface area contributed by atoms with Gasteiger partial charge in [0.05, 0.1) is 25.4 Å². The van der Waals surface area contributed by atoms with Gasteiger partial charge in [-0.15, -0.1) is 0 Å². The van der Waals surface area contributed by atoms with Gasteiger partial charge in [-0.1, -0.05) is 112 Å². The SMILES string of the molecule is CCCCC/C=C\C/C=C\C/C=C\CCCCC(=O)OC[C@H](COP(=O)(O)OCCN)OC(=O)CCCC(O)C(O)C/C=C\C/C=C\C/C=C\CCCCC. The van der Waals surface area contributed by atoms with Crippen LogP contribution in [0.3, 0.4) is 0 Å². The quantitative estimate of drug-likeness (QED) is 0.0204. The first-order valence-electron chi connectivity index (χ1n) is 20.6. The number of allylic oxidation sites excluding steroid dienone is 11. The molecule has 0 saturated heterocycles. The fourth-order valence-corrected chi connectivity index (χ4v) is 5.80. The summed E-state index contributed by atoms with van der Waals surface area (Å²) in [5, 5.41) is 20.7. The second kappa shape index (κ2) is 38.3. The highest BCUT2D eigenvalue weighted by Gasteiger charge is 2.26. The first-order chi connectivity index (χ1) is 26.6. The van der Waals surface area contributed by atoms with Crippen LogP contribution < -0.4 is 5.73 Å². The predicted molar refractivity (Wildman–Crippen MR) is 222 cm³/mol. The van der Waals surface area contributed by atoms with Gasteiger partial charge < -0.3 is 30.3 Å². The molecule has 0 rings (SSSR count). The van der Waals surface area contributed by atoms with Gasteiger partial charge in [0.2, 0.25) is 0 Å². The van der Waals surface area contributed by atoms with Crippen molar-refractivity contribution in [2.24, 2.45) is 5.73 Å². The third kappa shape index (κ3) is 36.7. The minimum atomic E-state index is -4.47. The number of phosphoric acid groups is 1. The Hall–Kier alpha value is -2.63. The molecule has 11 nitrogen and oxygen atoms in total. The number of phosphoric ester groups is 1. The maximum atomic E-state index is 12.6. The van der Waals surface area contributed by atoms with E-state index in [0.717, 1.165) is 51.4 Å². The van der Waals surface area contributed by atoms with E-state index in [4.69, 9.17) is 24.3 Å². The monoisotopic (exact) mass is 796 g/mol. The highest BCUT2D eigenvalue weighted by atomic mass is 31.2. The molecule has 0 fully saturated rings. The Morgan fingerprint density at radius 2 is 1.11 bits per heavy atom. The second-order valence-electron chi connectivity index (χ2n) is 13.5. The smallest absolute Gasteiger partial charge is 0.462 e. The summed E-state index contributed by atoms with van der Waals surface area (Å²) in [6, 6.07) is 0. The number of aliphatic hydroxyl groups is 2. The Kier molecular flexibility index (Phi) is 36.4. The van der Waals surface area contributed by atoms with Gasteiger partial charge in [0.25, 0.3) is 0 Å². The molecule has 5 N–H and O–H groups in total. The number of unbranched alkanes of at least 4 members (excludes halogenated alkanes) is 8. The largest absolute Gasteiger partial charge is 0.472 e. The maximum absolute atomic E-state index is 12.6. The zero-order chi connectivity index (χ0) is 40.7. The number of aliphatic hydroxyl groups excluding tert-OH is 2. The lowest BCUT2D eigenvalue weighted by molar-refractivity contribution is -0.161. The number of hydrogen-bond donors (Lipinski definition) is 4. The first kappa shape index (κ1) is 52.4. The number of carbonyl (C=O) groups excluding carboxylic acids is 2. The summed E-state index contributed by atoms with van der Waals surface area (Å²) in [6.45, 7) is 3.26. The van der Waals surface area contributed by atoms with Gasteiger partial charge in [-0.05, 0) is 89.9 Å². The molecule has 0 spiro atoms. The Morgan fingerprint density at radius 3 is 1.64 bits per heavy atom. The zero-order valence-corrected chi connectivity index (χ0v) is 34.7. The van der Waals surface area contributed by atoms with Crippen LogP contribution in [0.1, 0.15) is 142 Å². The molecule has 3 unspecified atom stereocenters. The van der Waals surface area contributed by atoms with Crippen molar-refractivity contribution in [2.45, 2.75) is 161 Å². The molecule has 0 aromatic rings. The number of esters is 2. The lowest BCUT2D eigenvalue weighted by atomic mass is 10.0. The van der Waals surface area contributed by atoms with E-state index < -0.39 is 44.7 Å². The lowest BCUT2D eigenvalue weighted by Gasteiger charge is -2.20. The van der Waals surface area contributed by atoms with Crippen LogP contribution in [0.5, 0.6) is 0 Å². The molecule has 4 atom stereocenters. The van der Waals surface area contributed by atoms with Gasteiger partial charge >= 0.3 is 19.8 Å². The predicted octanol–water partition coefficient (Wildman–Crippen LogP) is 9.43. The molecule has 0 heterocycles. The third-order valence-electron chi connectivity index (χ3n) is 8.27. The van der Waals surface area contributed by atoms with Gasteiger partial charge in [0.15, 0.2) is 6.10 Å². The first-order valence-corrected chi connectivity index (χ1v) is 22.1. The van der Waals surface area contributed by atoms with Crippen LogP contribution in [-0.2, 0) is 32.7 Å². The van der Waals surface area contributed by atoms with Gasteiger partial charge in [0, 0.05) is 19.4 Å². The topological polar surface area (TPSA) is 175 Å². The van der Waals surface area contributed by atoms with Crippen LogP contribution in [-0.4, -0.2) is 71.7 Å². The Bertz CT molecular complexity index is 1170. The average Bonchev–Trinajstić information content (AvgIpc) is 3.16. The van der Waals surface area contributed by atoms with Crippen molar-refractivity contribution in [2.75, 3.05) is 26.4 Å². The highest BCUT2D eigenvalue weighted by molar-refractivity contribution is 7.47. The summed E-state index contributed by atoms with van der Waals surface area (Å²) in [7, 11) is -4.47. The normalized spacial score (nSPS) is 15.2. The Morgan fingerprint density at radius 1 is 0.618 bits per heavy atom. The van der Waals surface area contributed by atoms with Crippen LogP contribution in [0.25, 0.3) is 0 Å². The fourth-order valence-electron chi connectivity index (χ4n) is 5.04. The van der Waals surface area contributed by atoms with E-state index in [9.17, 15) is 29.3 Å². The van der Waals surface area contributed by atoms with Crippen molar-refractivity contribution < 1.29 is 47.8 Å². The zero-order valence-electron chi connectivity index (χ0n) is 33.9. The van der Waals surface area contributed by atoms with Crippen molar-refractivity contribution in [1.29, 1.82) is 0 Å². The molecule has 0 saturated carbocycles. The van der Waals surface area contributed by atoms with Crippen LogP contribution in [0.15, 0.2) is 72.9 Å². The van der Waals surface area contributed by atoms with E-state index in [1.54, 1.807) is 0 Å². The van der Waals surface area contributed by atoms with Gasteiger partial charge in [-0.3, -0.25) is 18.6 Å².